The summed E-state index contributed by atoms with van der Waals surface area (Å²) in [5, 5.41) is 0. The van der Waals surface area contributed by atoms with Crippen LogP contribution in [-0.4, -0.2) is 65.6 Å². The molecule has 1 aromatic carbocycles. The van der Waals surface area contributed by atoms with Gasteiger partial charge in [-0.05, 0) is 47.9 Å². The van der Waals surface area contributed by atoms with Gasteiger partial charge < -0.3 is 25.4 Å². The molecule has 4 aliphatic rings. The van der Waals surface area contributed by atoms with Crippen LogP contribution in [0.15, 0.2) is 36.5 Å². The number of fused-ring (bicyclic) bond motifs is 5. The molecule has 1 saturated carbocycles. The average Bonchev–Trinajstić information content (AvgIpc) is 3.55. The Morgan fingerprint density at radius 1 is 0.886 bits per heavy atom. The van der Waals surface area contributed by atoms with Gasteiger partial charge in [-0.25, -0.2) is 4.98 Å². The number of pyridine rings is 1. The van der Waals surface area contributed by atoms with Crippen LogP contribution in [0, 0.1) is 23.7 Å². The molecule has 6 rings (SSSR count). The van der Waals surface area contributed by atoms with Crippen LogP contribution in [0.25, 0.3) is 0 Å². The summed E-state index contributed by atoms with van der Waals surface area (Å²) >= 11 is 0. The van der Waals surface area contributed by atoms with Gasteiger partial charge in [-0.2, -0.15) is 13.2 Å². The number of hydrogen-bond acceptors (Lipinski definition) is 7. The van der Waals surface area contributed by atoms with E-state index in [0.717, 1.165) is 11.4 Å². The van der Waals surface area contributed by atoms with Crippen molar-refractivity contribution in [1.82, 2.24) is 20.3 Å². The number of carbonyl (C=O) groups is 2. The molecule has 1 aliphatic carbocycles. The summed E-state index contributed by atoms with van der Waals surface area (Å²) in [6.07, 6.45) is -3.19. The number of halogens is 3. The van der Waals surface area contributed by atoms with Crippen molar-refractivity contribution in [2.45, 2.75) is 6.18 Å². The maximum absolute atomic E-state index is 13.1. The number of ether oxygens (including phenoxy) is 1. The van der Waals surface area contributed by atoms with Crippen LogP contribution in [0.3, 0.4) is 0 Å². The third kappa shape index (κ3) is 3.91. The van der Waals surface area contributed by atoms with Crippen molar-refractivity contribution in [2.24, 2.45) is 23.7 Å². The number of aromatic nitrogens is 1. The fourth-order valence-corrected chi connectivity index (χ4v) is 5.88. The molecule has 0 unspecified atom stereocenters. The second-order valence-corrected chi connectivity index (χ2v) is 9.50. The molecular formula is C23H23F3N6O3. The van der Waals surface area contributed by atoms with E-state index in [-0.39, 0.29) is 17.7 Å². The second-order valence-electron chi connectivity index (χ2n) is 9.50. The number of alkyl halides is 3. The first-order chi connectivity index (χ1) is 16.8. The van der Waals surface area contributed by atoms with Gasteiger partial charge in [0, 0.05) is 44.0 Å². The first kappa shape index (κ1) is 22.0. The third-order valence-corrected chi connectivity index (χ3v) is 7.53. The summed E-state index contributed by atoms with van der Waals surface area (Å²) in [6, 6.07) is 8.24. The lowest BCUT2D eigenvalue weighted by atomic mass is 9.60. The highest BCUT2D eigenvalue weighted by Crippen LogP contribution is 2.54. The second kappa shape index (κ2) is 8.01. The number of rotatable bonds is 4. The Hall–Kier alpha value is -3.54. The van der Waals surface area contributed by atoms with Gasteiger partial charge in [0.2, 0.25) is 5.88 Å². The van der Waals surface area contributed by atoms with Crippen LogP contribution in [0.2, 0.25) is 0 Å². The first-order valence-corrected chi connectivity index (χ1v) is 11.4. The van der Waals surface area contributed by atoms with Crippen molar-refractivity contribution in [3.05, 3.63) is 47.7 Å². The molecule has 1 aromatic heterocycles. The van der Waals surface area contributed by atoms with Crippen LogP contribution in [-0.2, 0) is 0 Å². The number of anilines is 2. The molecule has 4 heterocycles. The Morgan fingerprint density at radius 2 is 1.46 bits per heavy atom. The van der Waals surface area contributed by atoms with Crippen LogP contribution in [0.4, 0.5) is 24.5 Å². The van der Waals surface area contributed by atoms with E-state index in [2.05, 4.69) is 26.1 Å². The van der Waals surface area contributed by atoms with Crippen LogP contribution in [0.1, 0.15) is 20.7 Å². The minimum absolute atomic E-state index is 0.0146. The van der Waals surface area contributed by atoms with Gasteiger partial charge in [0.15, 0.2) is 6.61 Å². The quantitative estimate of drug-likeness (QED) is 0.608. The van der Waals surface area contributed by atoms with E-state index in [1.54, 1.807) is 4.90 Å². The summed E-state index contributed by atoms with van der Waals surface area (Å²) in [5.41, 5.74) is 11.4. The highest BCUT2D eigenvalue weighted by atomic mass is 19.4. The summed E-state index contributed by atoms with van der Waals surface area (Å²) < 4.78 is 41.5. The van der Waals surface area contributed by atoms with E-state index in [1.165, 1.54) is 18.3 Å². The minimum Gasteiger partial charge on any atom is -0.468 e. The molecule has 3 fully saturated rings. The zero-order valence-electron chi connectivity index (χ0n) is 18.5. The van der Waals surface area contributed by atoms with Crippen LogP contribution in [0.5, 0.6) is 5.88 Å². The number of nitrogens with zero attached hydrogens (tertiary/aromatic N) is 3. The molecule has 9 nitrogen and oxygen atoms in total. The van der Waals surface area contributed by atoms with E-state index < -0.39 is 12.8 Å². The van der Waals surface area contributed by atoms with Gasteiger partial charge in [0.05, 0.1) is 16.9 Å². The number of nitrogens with one attached hydrogen (secondary N) is 3. The first-order valence-electron chi connectivity index (χ1n) is 11.4. The number of hydrogen-bond donors (Lipinski definition) is 3. The average molecular weight is 488 g/mol. The predicted octanol–water partition coefficient (Wildman–Crippen LogP) is 2.37. The third-order valence-electron chi connectivity index (χ3n) is 7.53. The van der Waals surface area contributed by atoms with Gasteiger partial charge in [0.25, 0.3) is 11.8 Å². The standard InChI is InChI=1S/C23H23F3N6O3/c24-23(25,26)11-35-20-4-2-13(6-27-20)22(34)32-9-16-14-7-31(8-15(14)17(16)10-32)21(33)12-1-3-18-19(5-12)29-30-28-18/h1-6,14-17,28-30H,7-11H2/t14-,15+,16+,17-. The zero-order valence-corrected chi connectivity index (χ0v) is 18.5. The van der Waals surface area contributed by atoms with Crippen molar-refractivity contribution < 1.29 is 27.5 Å². The topological polar surface area (TPSA) is 98.8 Å². The molecular weight excluding hydrogens is 465 g/mol. The van der Waals surface area contributed by atoms with Crippen molar-refractivity contribution in [3.63, 3.8) is 0 Å². The number of amides is 2. The fraction of sp³-hybridized carbons (Fsp3) is 0.435. The number of hydrazine groups is 2. The van der Waals surface area contributed by atoms with E-state index in [0.29, 0.717) is 61.0 Å². The van der Waals surface area contributed by atoms with Gasteiger partial charge in [-0.1, -0.05) is 0 Å². The normalized spacial score (nSPS) is 26.3. The highest BCUT2D eigenvalue weighted by molar-refractivity contribution is 5.97. The highest BCUT2D eigenvalue weighted by Gasteiger charge is 2.59. The summed E-state index contributed by atoms with van der Waals surface area (Å²) in [6.45, 7) is 1.15. The Balaban J connectivity index is 1.05. The van der Waals surface area contributed by atoms with E-state index in [9.17, 15) is 22.8 Å². The Kier molecular flexibility index (Phi) is 5.02. The van der Waals surface area contributed by atoms with Crippen LogP contribution >= 0.6 is 0 Å². The molecule has 4 atom stereocenters. The molecule has 2 saturated heterocycles. The molecule has 0 radical (unpaired) electrons. The van der Waals surface area contributed by atoms with Crippen molar-refractivity contribution >= 4 is 23.2 Å². The number of carbonyl (C=O) groups excluding carboxylic acids is 2. The predicted molar refractivity (Wildman–Crippen MR) is 118 cm³/mol. The molecule has 0 bridgehead atoms. The lowest BCUT2D eigenvalue weighted by Gasteiger charge is -2.42. The molecule has 12 heteroatoms. The van der Waals surface area contributed by atoms with Crippen molar-refractivity contribution in [1.29, 1.82) is 0 Å². The van der Waals surface area contributed by atoms with E-state index in [4.69, 9.17) is 0 Å². The maximum Gasteiger partial charge on any atom is 0.422 e. The molecule has 2 amide bonds. The minimum atomic E-state index is -4.45. The monoisotopic (exact) mass is 488 g/mol. The summed E-state index contributed by atoms with van der Waals surface area (Å²) in [4.78, 5) is 33.6. The van der Waals surface area contributed by atoms with Gasteiger partial charge in [-0.15, -0.1) is 5.53 Å². The number of likely N-dealkylation sites (tertiary alicyclic amines) is 2. The smallest absolute Gasteiger partial charge is 0.422 e. The lowest BCUT2D eigenvalue weighted by molar-refractivity contribution is -0.154. The molecule has 3 N–H and O–H groups in total. The largest absolute Gasteiger partial charge is 0.468 e. The molecule has 2 aromatic rings. The fourth-order valence-electron chi connectivity index (χ4n) is 5.88. The van der Waals surface area contributed by atoms with E-state index >= 15 is 0 Å². The Morgan fingerprint density at radius 3 is 2.03 bits per heavy atom. The Labute approximate surface area is 198 Å². The lowest BCUT2D eigenvalue weighted by Crippen LogP contribution is -2.44. The van der Waals surface area contributed by atoms with E-state index in [1.807, 2.05) is 23.1 Å². The molecule has 3 aliphatic heterocycles. The SMILES string of the molecule is O=C(c1ccc(OCC(F)(F)F)nc1)N1C[C@@H]2[C@H](C1)[C@H]1CN(C(=O)c3ccc4c(c3)NNN4)C[C@@H]21. The van der Waals surface area contributed by atoms with Gasteiger partial charge in [-0.3, -0.25) is 9.59 Å². The summed E-state index contributed by atoms with van der Waals surface area (Å²) in [7, 11) is 0. The maximum atomic E-state index is 13.1. The van der Waals surface area contributed by atoms with Gasteiger partial charge >= 0.3 is 6.18 Å². The molecule has 184 valence electrons. The van der Waals surface area contributed by atoms with Crippen LogP contribution < -0.4 is 21.1 Å². The van der Waals surface area contributed by atoms with Crippen molar-refractivity contribution in [3.8, 4) is 5.88 Å². The number of benzene rings is 1. The molecule has 0 spiro atoms. The zero-order chi connectivity index (χ0) is 24.3. The Bertz CT molecular complexity index is 1150. The summed E-state index contributed by atoms with van der Waals surface area (Å²) in [5.74, 6) is 1.08. The molecule has 35 heavy (non-hydrogen) atoms. The van der Waals surface area contributed by atoms with Crippen molar-refractivity contribution in [2.75, 3.05) is 43.6 Å². The van der Waals surface area contributed by atoms with Gasteiger partial charge in [0.1, 0.15) is 0 Å².